The highest BCUT2D eigenvalue weighted by Gasteiger charge is 2.24. The number of hydrogen-bond donors (Lipinski definition) is 3. The lowest BCUT2D eigenvalue weighted by Gasteiger charge is -2.22. The minimum Gasteiger partial charge on any atom is -0.351 e. The van der Waals surface area contributed by atoms with Gasteiger partial charge in [0, 0.05) is 24.2 Å². The molecule has 1 heterocycles. The van der Waals surface area contributed by atoms with Crippen molar-refractivity contribution in [1.29, 1.82) is 0 Å². The molecule has 0 bridgehead atoms. The number of sulfonamides is 1. The second-order valence-electron chi connectivity index (χ2n) is 9.33. The van der Waals surface area contributed by atoms with Crippen molar-refractivity contribution >= 4 is 33.3 Å². The molecule has 0 atom stereocenters. The van der Waals surface area contributed by atoms with Crippen molar-refractivity contribution in [3.63, 3.8) is 0 Å². The number of carbonyl (C=O) groups excluding carboxylic acids is 1. The molecule has 1 fully saturated rings. The maximum Gasteiger partial charge on any atom is 0.273 e. The number of aromatic nitrogens is 2. The fraction of sp³-hybridized carbons (Fsp3) is 0.407. The van der Waals surface area contributed by atoms with E-state index in [1.807, 2.05) is 30.3 Å². The largest absolute Gasteiger partial charge is 0.351 e. The van der Waals surface area contributed by atoms with Crippen LogP contribution in [0.2, 0.25) is 5.02 Å². The molecule has 1 aliphatic carbocycles. The molecule has 1 aliphatic rings. The van der Waals surface area contributed by atoms with E-state index in [4.69, 9.17) is 11.6 Å². The molecule has 0 radical (unpaired) electrons. The average molecular weight is 544 g/mol. The van der Waals surface area contributed by atoms with Crippen LogP contribution in [0.4, 0.5) is 5.82 Å². The number of aryl methyl sites for hydroxylation is 2. The summed E-state index contributed by atoms with van der Waals surface area (Å²) in [5, 5.41) is 6.89. The number of amides is 1. The van der Waals surface area contributed by atoms with Crippen LogP contribution in [0.1, 0.15) is 54.6 Å². The zero-order valence-corrected chi connectivity index (χ0v) is 22.4. The van der Waals surface area contributed by atoms with Crippen LogP contribution < -0.4 is 15.4 Å². The second kappa shape index (κ2) is 13.1. The van der Waals surface area contributed by atoms with Crippen LogP contribution in [0.15, 0.2) is 65.8 Å². The van der Waals surface area contributed by atoms with Gasteiger partial charge in [-0.3, -0.25) is 9.52 Å². The normalized spacial score (nSPS) is 14.4. The summed E-state index contributed by atoms with van der Waals surface area (Å²) in [7, 11) is -3.96. The lowest BCUT2D eigenvalue weighted by Crippen LogP contribution is -2.34. The molecule has 1 aromatic heterocycles. The highest BCUT2D eigenvalue weighted by atomic mass is 35.5. The van der Waals surface area contributed by atoms with Crippen molar-refractivity contribution in [3.8, 4) is 0 Å². The van der Waals surface area contributed by atoms with Crippen molar-refractivity contribution in [2.45, 2.75) is 62.4 Å². The average Bonchev–Trinajstić information content (AvgIpc) is 3.30. The highest BCUT2D eigenvalue weighted by Crippen LogP contribution is 2.22. The number of benzene rings is 2. The third-order valence-corrected chi connectivity index (χ3v) is 8.18. The molecule has 0 spiro atoms. The van der Waals surface area contributed by atoms with Crippen LogP contribution in [-0.4, -0.2) is 43.0 Å². The Hall–Kier alpha value is -2.88. The quantitative estimate of drug-likeness (QED) is 0.289. The van der Waals surface area contributed by atoms with E-state index in [0.29, 0.717) is 30.6 Å². The third kappa shape index (κ3) is 7.80. The van der Waals surface area contributed by atoms with Gasteiger partial charge in [0.25, 0.3) is 15.9 Å². The predicted molar refractivity (Wildman–Crippen MR) is 146 cm³/mol. The molecule has 2 aromatic carbocycles. The first-order valence-corrected chi connectivity index (χ1v) is 14.7. The van der Waals surface area contributed by atoms with E-state index >= 15 is 0 Å². The van der Waals surface area contributed by atoms with Gasteiger partial charge in [-0.15, -0.1) is 0 Å². The zero-order chi connectivity index (χ0) is 26.1. The Kier molecular flexibility index (Phi) is 9.60. The first-order chi connectivity index (χ1) is 17.9. The second-order valence-corrected chi connectivity index (χ2v) is 11.4. The van der Waals surface area contributed by atoms with Crippen LogP contribution >= 0.6 is 11.6 Å². The lowest BCUT2D eigenvalue weighted by molar-refractivity contribution is 0.0949. The SMILES string of the molecule is O=C(NCCCNC1CCCCC1)c1ncn(CCc2ccccc2)c1NS(=O)(=O)c1ccc(Cl)cc1. The monoisotopic (exact) mass is 543 g/mol. The number of anilines is 1. The fourth-order valence-corrected chi connectivity index (χ4v) is 5.71. The number of halogens is 1. The Morgan fingerprint density at radius 1 is 1.00 bits per heavy atom. The summed E-state index contributed by atoms with van der Waals surface area (Å²) in [6.45, 7) is 1.75. The Bertz CT molecular complexity index is 1260. The number of imidazole rings is 1. The molecule has 0 unspecified atom stereocenters. The maximum absolute atomic E-state index is 13.1. The summed E-state index contributed by atoms with van der Waals surface area (Å²) in [4.78, 5) is 17.4. The van der Waals surface area contributed by atoms with Gasteiger partial charge in [0.15, 0.2) is 11.5 Å². The van der Waals surface area contributed by atoms with Crippen LogP contribution in [0.25, 0.3) is 0 Å². The molecule has 37 heavy (non-hydrogen) atoms. The zero-order valence-electron chi connectivity index (χ0n) is 20.8. The Morgan fingerprint density at radius 3 is 2.46 bits per heavy atom. The van der Waals surface area contributed by atoms with Gasteiger partial charge in [0.2, 0.25) is 0 Å². The minimum atomic E-state index is -3.96. The van der Waals surface area contributed by atoms with Gasteiger partial charge in [0.05, 0.1) is 11.2 Å². The molecule has 1 saturated carbocycles. The molecule has 198 valence electrons. The summed E-state index contributed by atoms with van der Waals surface area (Å²) >= 11 is 5.92. The van der Waals surface area contributed by atoms with E-state index < -0.39 is 15.9 Å². The summed E-state index contributed by atoms with van der Waals surface area (Å²) < 4.78 is 30.5. The van der Waals surface area contributed by atoms with Gasteiger partial charge in [-0.25, -0.2) is 13.4 Å². The maximum atomic E-state index is 13.1. The van der Waals surface area contributed by atoms with Gasteiger partial charge < -0.3 is 15.2 Å². The van der Waals surface area contributed by atoms with Crippen molar-refractivity contribution in [1.82, 2.24) is 20.2 Å². The van der Waals surface area contributed by atoms with Gasteiger partial charge in [-0.2, -0.15) is 0 Å². The lowest BCUT2D eigenvalue weighted by atomic mass is 9.95. The number of rotatable bonds is 12. The molecule has 0 aliphatic heterocycles. The summed E-state index contributed by atoms with van der Waals surface area (Å²) in [5.74, 6) is -0.270. The first kappa shape index (κ1) is 27.2. The van der Waals surface area contributed by atoms with Crippen molar-refractivity contribution in [2.75, 3.05) is 17.8 Å². The van der Waals surface area contributed by atoms with Crippen LogP contribution in [0, 0.1) is 0 Å². The van der Waals surface area contributed by atoms with Crippen LogP contribution in [0.3, 0.4) is 0 Å². The number of carbonyl (C=O) groups is 1. The Morgan fingerprint density at radius 2 is 1.73 bits per heavy atom. The molecule has 4 rings (SSSR count). The van der Waals surface area contributed by atoms with E-state index in [1.165, 1.54) is 62.7 Å². The Balaban J connectivity index is 1.44. The molecule has 0 saturated heterocycles. The minimum absolute atomic E-state index is 0.0471. The highest BCUT2D eigenvalue weighted by molar-refractivity contribution is 7.92. The Labute approximate surface area is 223 Å². The van der Waals surface area contributed by atoms with Crippen molar-refractivity contribution in [3.05, 3.63) is 77.2 Å². The number of hydrogen-bond acceptors (Lipinski definition) is 5. The van der Waals surface area contributed by atoms with Gasteiger partial charge in [-0.05, 0) is 62.1 Å². The first-order valence-electron chi connectivity index (χ1n) is 12.8. The number of nitrogens with one attached hydrogen (secondary N) is 3. The van der Waals surface area contributed by atoms with Crippen molar-refractivity contribution in [2.24, 2.45) is 0 Å². The van der Waals surface area contributed by atoms with E-state index in [-0.39, 0.29) is 16.4 Å². The molecule has 3 N–H and O–H groups in total. The van der Waals surface area contributed by atoms with Crippen molar-refractivity contribution < 1.29 is 13.2 Å². The molecule has 3 aromatic rings. The molecule has 8 nitrogen and oxygen atoms in total. The standard InChI is InChI=1S/C27H34ClN5O3S/c28-22-12-14-24(15-13-22)37(35,36)32-26-25(31-20-33(26)19-16-21-8-3-1-4-9-21)27(34)30-18-7-17-29-23-10-5-2-6-11-23/h1,3-4,8-9,12-15,20,23,29,32H,2,5-7,10-11,16-19H2,(H,30,34). The van der Waals surface area contributed by atoms with E-state index in [1.54, 1.807) is 4.57 Å². The number of nitrogens with zero attached hydrogens (tertiary/aromatic N) is 2. The smallest absolute Gasteiger partial charge is 0.273 e. The van der Waals surface area contributed by atoms with E-state index in [0.717, 1.165) is 18.5 Å². The third-order valence-electron chi connectivity index (χ3n) is 6.57. The summed E-state index contributed by atoms with van der Waals surface area (Å²) in [5.41, 5.74) is 1.14. The van der Waals surface area contributed by atoms with E-state index in [9.17, 15) is 13.2 Å². The fourth-order valence-electron chi connectivity index (χ4n) is 4.51. The molecular formula is C27H34ClN5O3S. The summed E-state index contributed by atoms with van der Waals surface area (Å²) in [6.07, 6.45) is 9.22. The van der Waals surface area contributed by atoms with Crippen LogP contribution in [-0.2, 0) is 23.0 Å². The van der Waals surface area contributed by atoms with Crippen LogP contribution in [0.5, 0.6) is 0 Å². The van der Waals surface area contributed by atoms with E-state index in [2.05, 4.69) is 20.3 Å². The van der Waals surface area contributed by atoms with Gasteiger partial charge in [0.1, 0.15) is 0 Å². The predicted octanol–water partition coefficient (Wildman–Crippen LogP) is 4.62. The summed E-state index contributed by atoms with van der Waals surface area (Å²) in [6, 6.07) is 16.3. The van der Waals surface area contributed by atoms with Gasteiger partial charge in [-0.1, -0.05) is 61.2 Å². The van der Waals surface area contributed by atoms with Gasteiger partial charge >= 0.3 is 0 Å². The molecule has 10 heteroatoms. The molecular weight excluding hydrogens is 510 g/mol. The topological polar surface area (TPSA) is 105 Å². The molecule has 1 amide bonds.